The number of anilines is 3. The number of likely N-dealkylation sites (N-methyl/N-ethyl adjacent to an activating group) is 1. The van der Waals surface area contributed by atoms with Crippen LogP contribution in [0.25, 0.3) is 56.5 Å². The molecule has 0 aliphatic carbocycles. The minimum absolute atomic E-state index is 0.00252. The predicted molar refractivity (Wildman–Crippen MR) is 500 cm³/mol. The average Bonchev–Trinajstić information content (AvgIpc) is 0.810. The summed E-state index contributed by atoms with van der Waals surface area (Å²) < 4.78 is 54.1. The molecule has 0 radical (unpaired) electrons. The third-order valence-corrected chi connectivity index (χ3v) is 32.2. The fraction of sp³-hybridized carbons (Fsp3) is 0.511. The zero-order valence-electron chi connectivity index (χ0n) is 76.4. The lowest BCUT2D eigenvalue weighted by Crippen LogP contribution is -2.49. The molecule has 670 valence electrons. The second-order valence-electron chi connectivity index (χ2n) is 35.8. The van der Waals surface area contributed by atoms with Crippen molar-refractivity contribution < 1.29 is 62.0 Å². The van der Waals surface area contributed by atoms with E-state index >= 15 is 0 Å². The van der Waals surface area contributed by atoms with Gasteiger partial charge in [0.05, 0.1) is 41.9 Å². The van der Waals surface area contributed by atoms with Crippen molar-refractivity contribution in [3.63, 3.8) is 0 Å². The van der Waals surface area contributed by atoms with Crippen LogP contribution in [0.2, 0.25) is 41.5 Å². The first-order valence-electron chi connectivity index (χ1n) is 43.5. The Morgan fingerprint density at radius 2 is 0.847 bits per heavy atom. The Kier molecular flexibility index (Phi) is 37.3. The van der Waals surface area contributed by atoms with Crippen LogP contribution in [0.1, 0.15) is 140 Å². The van der Waals surface area contributed by atoms with E-state index in [4.69, 9.17) is 83.6 Å². The maximum absolute atomic E-state index is 12.7. The summed E-state index contributed by atoms with van der Waals surface area (Å²) in [6, 6.07) is 41.8. The van der Waals surface area contributed by atoms with E-state index in [-0.39, 0.29) is 40.8 Å². The Morgan fingerprint density at radius 1 is 0.476 bits per heavy atom. The minimum atomic E-state index is -2.16. The van der Waals surface area contributed by atoms with E-state index in [2.05, 4.69) is 134 Å². The van der Waals surface area contributed by atoms with Crippen LogP contribution < -0.4 is 34.4 Å². The highest BCUT2D eigenvalue weighted by molar-refractivity contribution is 6.74. The summed E-state index contributed by atoms with van der Waals surface area (Å²) in [7, 11) is 2.54. The molecule has 3 atom stereocenters. The van der Waals surface area contributed by atoms with Gasteiger partial charge in [-0.1, -0.05) is 105 Å². The van der Waals surface area contributed by atoms with Crippen LogP contribution in [-0.2, 0) is 27.8 Å². The predicted octanol–water partition coefficient (Wildman–Crippen LogP) is 17.6. The number of pyridine rings is 3. The van der Waals surface area contributed by atoms with Crippen molar-refractivity contribution in [2.24, 2.45) is 0 Å². The number of halogens is 1. The number of carbonyl (C=O) groups excluding carboxylic acids is 1. The highest BCUT2D eigenvalue weighted by atomic mass is 35.5. The Hall–Kier alpha value is -9.11. The van der Waals surface area contributed by atoms with Crippen LogP contribution in [0.15, 0.2) is 165 Å². The fourth-order valence-corrected chi connectivity index (χ4v) is 16.5. The molecule has 3 aliphatic heterocycles. The second kappa shape index (κ2) is 46.9. The molecular formula is C94H133BClN13O13Si2. The van der Waals surface area contributed by atoms with Gasteiger partial charge >= 0.3 is 13.2 Å². The molecular weight excluding hydrogens is 1620 g/mol. The first kappa shape index (κ1) is 98.7. The van der Waals surface area contributed by atoms with Gasteiger partial charge in [-0.25, -0.2) is 34.7 Å². The molecule has 9 aromatic rings. The minimum Gasteiger partial charge on any atom is -0.491 e. The Labute approximate surface area is 743 Å². The largest absolute Gasteiger partial charge is 0.491 e. The van der Waals surface area contributed by atoms with Crippen LogP contribution in [-0.4, -0.2) is 231 Å². The van der Waals surface area contributed by atoms with Gasteiger partial charge < -0.3 is 76.8 Å². The van der Waals surface area contributed by atoms with Crippen molar-refractivity contribution in [1.29, 1.82) is 0 Å². The third-order valence-electron chi connectivity index (χ3n) is 22.9. The van der Waals surface area contributed by atoms with Gasteiger partial charge in [0.2, 0.25) is 5.28 Å². The summed E-state index contributed by atoms with van der Waals surface area (Å²) >= 11 is 6.38. The van der Waals surface area contributed by atoms with E-state index in [0.717, 1.165) is 166 Å². The van der Waals surface area contributed by atoms with Gasteiger partial charge in [0, 0.05) is 169 Å². The number of carbonyl (C=O) groups is 1. The van der Waals surface area contributed by atoms with Crippen LogP contribution >= 0.6 is 11.6 Å². The molecule has 30 heteroatoms. The maximum Gasteiger partial charge on any atom is 0.488 e. The van der Waals surface area contributed by atoms with Gasteiger partial charge in [-0.2, -0.15) is 0 Å². The molecule has 124 heavy (non-hydrogen) atoms. The highest BCUT2D eigenvalue weighted by Crippen LogP contribution is 2.41. The summed E-state index contributed by atoms with van der Waals surface area (Å²) in [4.78, 5) is 61.7. The van der Waals surface area contributed by atoms with E-state index in [1.807, 2.05) is 144 Å². The maximum atomic E-state index is 12.7. The number of aliphatic hydroxyl groups is 1. The van der Waals surface area contributed by atoms with Crippen molar-refractivity contribution in [2.75, 3.05) is 109 Å². The van der Waals surface area contributed by atoms with Gasteiger partial charge in [0.1, 0.15) is 60.1 Å². The van der Waals surface area contributed by atoms with E-state index < -0.39 is 41.6 Å². The number of rotatable bonds is 31. The molecule has 3 saturated heterocycles. The molecule has 0 spiro atoms. The molecule has 3 aromatic carbocycles. The molecule has 9 heterocycles. The zero-order chi connectivity index (χ0) is 89.8. The normalized spacial score (nSPS) is 15.1. The number of aromatic nitrogens is 9. The van der Waals surface area contributed by atoms with Crippen LogP contribution in [0.5, 0.6) is 17.2 Å². The number of aliphatic hydroxyl groups excluding tert-OH is 1. The van der Waals surface area contributed by atoms with Gasteiger partial charge in [-0.05, 0) is 198 Å². The standard InChI is InChI=1S/C32H46N4O3Si.C31H49ClN4O5Si.C26H32N4O3.C5H6BNO2/c1-8-10-28(39-40(6,7)32(2,3)4)23-38-27-12-9-11-25(21-27)31-34-29(24-13-17-33-18-14-24)22-30(35-31)36(5)26-15-19-37-20-16-26;1-30(2,3)40-29(37)35(7)20-25(41-42(9,10)31(4,5)6)21-39-24-13-11-12-22(18-24)26-19-27(34-28(32)33-26)36(8)23-14-16-38-17-15-23;1-3-5-22(31)18-33-23-7-4-6-20(16-23)24-17-25(30(2)21-10-14-32-15-11-21)29-26(28-24)19-8-12-27-13-9-19;8-6(9)5-1-3-7-4-2-5/h9,11-14,17-18,21-22,26,28H,8,10,15-16,19-20,23H2,1-7H3;11-13,18-19,23,25H,14-17,20-21H2,1-10H3;4,6-9,12-13,16-17,21-22,31H,3,5,10-11,14-15,18H2,1-2H3;1-4,8-9H. The Balaban J connectivity index is 0.000000201. The quantitative estimate of drug-likeness (QED) is 0.0269. The topological polar surface area (TPSA) is 290 Å². The summed E-state index contributed by atoms with van der Waals surface area (Å²) in [6.07, 6.45) is 18.5. The van der Waals surface area contributed by atoms with Crippen LogP contribution in [0.3, 0.4) is 0 Å². The number of benzene rings is 3. The molecule has 0 saturated carbocycles. The molecule has 3 aliphatic rings. The molecule has 12 rings (SSSR count). The van der Waals surface area contributed by atoms with Gasteiger partial charge in [0.15, 0.2) is 28.3 Å². The van der Waals surface area contributed by atoms with Crippen molar-refractivity contribution in [2.45, 2.75) is 219 Å². The van der Waals surface area contributed by atoms with E-state index in [1.54, 1.807) is 48.9 Å². The first-order valence-corrected chi connectivity index (χ1v) is 49.6. The Morgan fingerprint density at radius 3 is 1.27 bits per heavy atom. The molecule has 3 N–H and O–H groups in total. The number of amides is 1. The van der Waals surface area contributed by atoms with E-state index in [0.29, 0.717) is 65.6 Å². The fourth-order valence-electron chi connectivity index (χ4n) is 13.6. The summed E-state index contributed by atoms with van der Waals surface area (Å²) in [5.41, 5.74) is 6.96. The zero-order valence-corrected chi connectivity index (χ0v) is 79.1. The number of hydrogen-bond donors (Lipinski definition) is 3. The average molecular weight is 1760 g/mol. The van der Waals surface area contributed by atoms with Crippen molar-refractivity contribution >= 4 is 64.4 Å². The second-order valence-corrected chi connectivity index (χ2v) is 45.7. The molecule has 1 amide bonds. The lowest BCUT2D eigenvalue weighted by Gasteiger charge is -2.40. The molecule has 0 bridgehead atoms. The summed E-state index contributed by atoms with van der Waals surface area (Å²) in [5.74, 6) is 6.08. The SMILES string of the molecule is CCCC(COc1cccc(-c2nc(-c3ccncc3)cc(N(C)C3CCOCC3)n2)c1)O[Si](C)(C)C(C)(C)C.CCCC(O)COc1cccc(-c2cc(N(C)C3CCOCC3)nc(-c3ccncc3)n2)c1.CN(CC(COc1cccc(-c2cc(N(C)C3CCOCC3)nc(Cl)n2)c1)O[Si](C)(C)C(C)(C)C)C(=O)OC(C)(C)C.OB(O)c1ccncc1. The van der Waals surface area contributed by atoms with Gasteiger partial charge in [-0.15, -0.1) is 0 Å². The lowest BCUT2D eigenvalue weighted by atomic mass is 9.81. The monoisotopic (exact) mass is 1750 g/mol. The van der Waals surface area contributed by atoms with Crippen LogP contribution in [0, 0.1) is 0 Å². The smallest absolute Gasteiger partial charge is 0.488 e. The van der Waals surface area contributed by atoms with Gasteiger partial charge in [-0.3, -0.25) is 15.0 Å². The molecule has 3 unspecified atom stereocenters. The number of hydrogen-bond acceptors (Lipinski definition) is 25. The first-order chi connectivity index (χ1) is 59.0. The number of nitrogens with zero attached hydrogens (tertiary/aromatic N) is 13. The summed E-state index contributed by atoms with van der Waals surface area (Å²) in [5, 5.41) is 27.5. The van der Waals surface area contributed by atoms with Crippen LogP contribution in [0.4, 0.5) is 22.2 Å². The van der Waals surface area contributed by atoms with Gasteiger partial charge in [0.25, 0.3) is 0 Å². The molecule has 6 aromatic heterocycles. The van der Waals surface area contributed by atoms with Crippen molar-refractivity contribution in [3.05, 3.63) is 170 Å². The molecule has 3 fully saturated rings. The van der Waals surface area contributed by atoms with E-state index in [9.17, 15) is 9.90 Å². The van der Waals surface area contributed by atoms with Crippen molar-refractivity contribution in [1.82, 2.24) is 49.8 Å². The van der Waals surface area contributed by atoms with Crippen molar-refractivity contribution in [3.8, 4) is 73.8 Å². The van der Waals surface area contributed by atoms with E-state index in [1.165, 1.54) is 12.4 Å². The summed E-state index contributed by atoms with van der Waals surface area (Å²) in [6.45, 7) is 38.2. The highest BCUT2D eigenvalue weighted by Gasteiger charge is 2.41. The third kappa shape index (κ3) is 30.6. The molecule has 26 nitrogen and oxygen atoms in total. The Bertz CT molecular complexity index is 4720. The lowest BCUT2D eigenvalue weighted by molar-refractivity contribution is 0.0172. The number of ether oxygens (including phenoxy) is 7.